The molecule has 3 aromatic carbocycles. The van der Waals surface area contributed by atoms with Gasteiger partial charge in [-0.1, -0.05) is 48.5 Å². The van der Waals surface area contributed by atoms with E-state index in [9.17, 15) is 18.0 Å². The molecule has 0 heterocycles. The Balaban J connectivity index is 1.48. The minimum Gasteiger partial charge on any atom is -0.484 e. The maximum absolute atomic E-state index is 12.4. The van der Waals surface area contributed by atoms with Crippen LogP contribution in [0.3, 0.4) is 0 Å². The molecule has 0 radical (unpaired) electrons. The lowest BCUT2D eigenvalue weighted by molar-refractivity contribution is -0.123. The van der Waals surface area contributed by atoms with E-state index >= 15 is 0 Å². The number of rotatable bonds is 11. The summed E-state index contributed by atoms with van der Waals surface area (Å²) in [6, 6.07) is 23.2. The van der Waals surface area contributed by atoms with Crippen LogP contribution in [0, 0.1) is 6.92 Å². The van der Waals surface area contributed by atoms with Gasteiger partial charge in [0.25, 0.3) is 11.8 Å². The Hall–Kier alpha value is -4.18. The van der Waals surface area contributed by atoms with Crippen molar-refractivity contribution in [2.45, 2.75) is 19.9 Å². The Bertz CT molecular complexity index is 1340. The molecule has 9 nitrogen and oxygen atoms in total. The van der Waals surface area contributed by atoms with Gasteiger partial charge in [0.05, 0.1) is 24.2 Å². The molecular formula is C27H30N4O5S. The number of para-hydroxylation sites is 1. The van der Waals surface area contributed by atoms with Gasteiger partial charge in [0.1, 0.15) is 12.3 Å². The summed E-state index contributed by atoms with van der Waals surface area (Å²) in [6.45, 7) is 3.15. The highest BCUT2D eigenvalue weighted by Gasteiger charge is 2.22. The van der Waals surface area contributed by atoms with E-state index in [1.54, 1.807) is 55.5 Å². The van der Waals surface area contributed by atoms with Gasteiger partial charge in [0.2, 0.25) is 10.0 Å². The molecule has 2 amide bonds. The number of hydrazone groups is 1. The number of aryl methyl sites for hydroxylation is 1. The number of hydrogen-bond donors (Lipinski definition) is 2. The Morgan fingerprint density at radius 1 is 0.973 bits per heavy atom. The number of nitrogens with one attached hydrogen (secondary N) is 2. The van der Waals surface area contributed by atoms with Crippen LogP contribution < -0.4 is 19.8 Å². The minimum absolute atomic E-state index is 0.127. The zero-order chi connectivity index (χ0) is 26.8. The Labute approximate surface area is 217 Å². The van der Waals surface area contributed by atoms with Crippen molar-refractivity contribution in [2.75, 3.05) is 23.7 Å². The molecule has 0 bridgehead atoms. The van der Waals surface area contributed by atoms with E-state index in [0.29, 0.717) is 17.0 Å². The minimum atomic E-state index is -3.67. The maximum atomic E-state index is 12.4. The summed E-state index contributed by atoms with van der Waals surface area (Å²) >= 11 is 0. The Morgan fingerprint density at radius 3 is 2.27 bits per heavy atom. The number of sulfonamides is 1. The third kappa shape index (κ3) is 8.46. The van der Waals surface area contributed by atoms with Crippen LogP contribution >= 0.6 is 0 Å². The van der Waals surface area contributed by atoms with Crippen LogP contribution in [-0.2, 0) is 19.6 Å². The summed E-state index contributed by atoms with van der Waals surface area (Å²) in [4.78, 5) is 24.5. The highest BCUT2D eigenvalue weighted by atomic mass is 32.2. The largest absolute Gasteiger partial charge is 0.484 e. The monoisotopic (exact) mass is 522 g/mol. The normalized spacial score (nSPS) is 12.1. The van der Waals surface area contributed by atoms with Crippen molar-refractivity contribution in [1.29, 1.82) is 0 Å². The van der Waals surface area contributed by atoms with E-state index in [0.717, 1.165) is 21.7 Å². The van der Waals surface area contributed by atoms with Crippen LogP contribution in [0.15, 0.2) is 84.0 Å². The number of anilines is 1. The molecule has 0 saturated heterocycles. The lowest BCUT2D eigenvalue weighted by Crippen LogP contribution is -2.39. The highest BCUT2D eigenvalue weighted by molar-refractivity contribution is 7.92. The molecule has 0 aliphatic carbocycles. The zero-order valence-electron chi connectivity index (χ0n) is 20.9. The molecule has 0 fully saturated rings. The number of carbonyl (C=O) groups is 2. The summed E-state index contributed by atoms with van der Waals surface area (Å²) < 4.78 is 31.0. The summed E-state index contributed by atoms with van der Waals surface area (Å²) in [6.07, 6.45) is 2.47. The first-order valence-corrected chi connectivity index (χ1v) is 13.4. The summed E-state index contributed by atoms with van der Waals surface area (Å²) in [5, 5.41) is 6.79. The van der Waals surface area contributed by atoms with Crippen LogP contribution in [0.5, 0.6) is 5.75 Å². The van der Waals surface area contributed by atoms with Crippen molar-refractivity contribution >= 4 is 33.7 Å². The maximum Gasteiger partial charge on any atom is 0.260 e. The van der Waals surface area contributed by atoms with E-state index in [1.807, 2.05) is 37.3 Å². The number of hydrogen-bond acceptors (Lipinski definition) is 6. The fourth-order valence-corrected chi connectivity index (χ4v) is 4.39. The molecule has 0 aliphatic rings. The molecule has 0 aliphatic heterocycles. The molecule has 3 rings (SSSR count). The van der Waals surface area contributed by atoms with E-state index in [-0.39, 0.29) is 18.6 Å². The first-order chi connectivity index (χ1) is 17.6. The number of carbonyl (C=O) groups excluding carboxylic acids is 2. The molecule has 3 aromatic rings. The molecular weight excluding hydrogens is 492 g/mol. The van der Waals surface area contributed by atoms with Gasteiger partial charge >= 0.3 is 0 Å². The van der Waals surface area contributed by atoms with Gasteiger partial charge < -0.3 is 10.1 Å². The van der Waals surface area contributed by atoms with Crippen molar-refractivity contribution < 1.29 is 22.7 Å². The molecule has 10 heteroatoms. The summed E-state index contributed by atoms with van der Waals surface area (Å²) in [7, 11) is -3.67. The number of nitrogens with zero attached hydrogens (tertiary/aromatic N) is 2. The molecule has 0 saturated carbocycles. The van der Waals surface area contributed by atoms with Crippen molar-refractivity contribution in [1.82, 2.24) is 10.7 Å². The second-order valence-electron chi connectivity index (χ2n) is 8.41. The van der Waals surface area contributed by atoms with Crippen LogP contribution in [-0.4, -0.2) is 45.9 Å². The van der Waals surface area contributed by atoms with E-state index < -0.39 is 22.5 Å². The molecule has 194 valence electrons. The molecule has 0 spiro atoms. The van der Waals surface area contributed by atoms with E-state index in [4.69, 9.17) is 4.74 Å². The fraction of sp³-hybridized carbons (Fsp3) is 0.222. The third-order valence-corrected chi connectivity index (χ3v) is 6.53. The lowest BCUT2D eigenvalue weighted by atomic mass is 10.1. The second kappa shape index (κ2) is 12.7. The quantitative estimate of drug-likeness (QED) is 0.296. The van der Waals surface area contributed by atoms with Gasteiger partial charge in [-0.25, -0.2) is 13.8 Å². The Kier molecular flexibility index (Phi) is 9.39. The number of amides is 2. The van der Waals surface area contributed by atoms with Crippen molar-refractivity contribution in [3.8, 4) is 5.75 Å². The van der Waals surface area contributed by atoms with Crippen molar-refractivity contribution in [2.24, 2.45) is 5.10 Å². The predicted octanol–water partition coefficient (Wildman–Crippen LogP) is 3.17. The first kappa shape index (κ1) is 27.4. The first-order valence-electron chi connectivity index (χ1n) is 11.6. The second-order valence-corrected chi connectivity index (χ2v) is 10.3. The van der Waals surface area contributed by atoms with Gasteiger partial charge in [-0.3, -0.25) is 13.9 Å². The average molecular weight is 523 g/mol. The topological polar surface area (TPSA) is 117 Å². The van der Waals surface area contributed by atoms with Gasteiger partial charge in [-0.15, -0.1) is 0 Å². The van der Waals surface area contributed by atoms with Gasteiger partial charge in [-0.05, 0) is 60.9 Å². The van der Waals surface area contributed by atoms with Gasteiger partial charge in [-0.2, -0.15) is 5.10 Å². The zero-order valence-corrected chi connectivity index (χ0v) is 21.7. The molecule has 2 N–H and O–H groups in total. The van der Waals surface area contributed by atoms with Crippen molar-refractivity contribution in [3.63, 3.8) is 0 Å². The molecule has 1 atom stereocenters. The highest BCUT2D eigenvalue weighted by Crippen LogP contribution is 2.21. The van der Waals surface area contributed by atoms with Crippen LogP contribution in [0.25, 0.3) is 0 Å². The van der Waals surface area contributed by atoms with Crippen LogP contribution in [0.1, 0.15) is 29.7 Å². The Morgan fingerprint density at radius 2 is 1.62 bits per heavy atom. The van der Waals surface area contributed by atoms with Gasteiger partial charge in [0.15, 0.2) is 6.61 Å². The van der Waals surface area contributed by atoms with E-state index in [1.165, 1.54) is 6.21 Å². The summed E-state index contributed by atoms with van der Waals surface area (Å²) in [5.74, 6) is -0.315. The summed E-state index contributed by atoms with van der Waals surface area (Å²) in [5.41, 5.74) is 5.19. The fourth-order valence-electron chi connectivity index (χ4n) is 3.48. The smallest absolute Gasteiger partial charge is 0.260 e. The average Bonchev–Trinajstić information content (AvgIpc) is 2.87. The predicted molar refractivity (Wildman–Crippen MR) is 144 cm³/mol. The molecule has 0 unspecified atom stereocenters. The SMILES string of the molecule is Cc1ccccc1N(CC(=O)N/N=C\c1ccc(OCC(=O)N[C@@H](C)c2ccccc2)cc1)S(C)(=O)=O. The molecule has 0 aromatic heterocycles. The number of benzene rings is 3. The van der Waals surface area contributed by atoms with Gasteiger partial charge in [0, 0.05) is 0 Å². The van der Waals surface area contributed by atoms with Crippen LogP contribution in [0.2, 0.25) is 0 Å². The lowest BCUT2D eigenvalue weighted by Gasteiger charge is -2.23. The third-order valence-electron chi connectivity index (χ3n) is 5.40. The van der Waals surface area contributed by atoms with Crippen LogP contribution in [0.4, 0.5) is 5.69 Å². The number of ether oxygens (including phenoxy) is 1. The van der Waals surface area contributed by atoms with E-state index in [2.05, 4.69) is 15.8 Å². The molecule has 37 heavy (non-hydrogen) atoms. The van der Waals surface area contributed by atoms with Crippen molar-refractivity contribution in [3.05, 3.63) is 95.6 Å². The standard InChI is InChI=1S/C27H30N4O5S/c1-20-9-7-8-12-25(20)31(37(3,34)35)18-26(32)30-28-17-22-13-15-24(16-14-22)36-19-27(33)29-21(2)23-10-5-4-6-11-23/h4-17,21H,18-19H2,1-3H3,(H,29,33)(H,30,32)/b28-17-/t21-/m0/s1.